The Kier molecular flexibility index (Phi) is 7.16. The van der Waals surface area contributed by atoms with Crippen molar-refractivity contribution in [2.45, 2.75) is 64.4 Å². The van der Waals surface area contributed by atoms with Gasteiger partial charge >= 0.3 is 5.97 Å². The summed E-state index contributed by atoms with van der Waals surface area (Å²) < 4.78 is 9.72. The normalized spacial score (nSPS) is 18.2. The van der Waals surface area contributed by atoms with Gasteiger partial charge in [0.1, 0.15) is 11.9 Å². The number of nitrogens with one attached hydrogen (secondary N) is 1. The lowest BCUT2D eigenvalue weighted by Gasteiger charge is -2.24. The van der Waals surface area contributed by atoms with Gasteiger partial charge in [0, 0.05) is 37.5 Å². The monoisotopic (exact) mass is 468 g/mol. The van der Waals surface area contributed by atoms with E-state index in [0.717, 1.165) is 53.9 Å². The Bertz CT molecular complexity index is 1210. The highest BCUT2D eigenvalue weighted by Crippen LogP contribution is 2.28. The molecule has 0 radical (unpaired) electrons. The third-order valence-electron chi connectivity index (χ3n) is 6.37. The van der Waals surface area contributed by atoms with E-state index >= 15 is 0 Å². The number of aryl methyl sites for hydroxylation is 2. The highest BCUT2D eigenvalue weighted by molar-refractivity contribution is 5.81. The van der Waals surface area contributed by atoms with Gasteiger partial charge in [-0.3, -0.25) is 14.9 Å². The maximum atomic E-state index is 12.2. The number of pyridine rings is 1. The number of aliphatic hydroxyl groups is 1. The summed E-state index contributed by atoms with van der Waals surface area (Å²) in [6.45, 7) is 4.92. The first kappa shape index (κ1) is 24.1. The van der Waals surface area contributed by atoms with E-state index in [-0.39, 0.29) is 18.2 Å². The van der Waals surface area contributed by atoms with Gasteiger partial charge in [-0.1, -0.05) is 6.07 Å². The Labute approximate surface area is 198 Å². The second-order valence-electron chi connectivity index (χ2n) is 9.12. The molecule has 1 aliphatic heterocycles. The molecule has 9 heteroatoms. The highest BCUT2D eigenvalue weighted by Gasteiger charge is 2.23. The number of fused-ring (bicyclic) bond motifs is 1. The number of carboxylic acid groups (broad SMARTS) is 1. The molecule has 0 bridgehead atoms. The number of aliphatic carboxylic acids is 1. The van der Waals surface area contributed by atoms with E-state index in [1.165, 1.54) is 6.92 Å². The fourth-order valence-electron chi connectivity index (χ4n) is 4.53. The van der Waals surface area contributed by atoms with E-state index < -0.39 is 18.1 Å². The van der Waals surface area contributed by atoms with Crippen LogP contribution < -0.4 is 10.9 Å². The number of nitrogens with zero attached hydrogens (tertiary/aromatic N) is 3. The lowest BCUT2D eigenvalue weighted by Crippen LogP contribution is -2.44. The molecule has 3 N–H and O–H groups in total. The number of aliphatic hydroxyl groups excluding tert-OH is 1. The number of ether oxygens (including phenoxy) is 1. The molecule has 3 aromatic rings. The fourth-order valence-corrected chi connectivity index (χ4v) is 4.53. The van der Waals surface area contributed by atoms with Gasteiger partial charge in [0.2, 0.25) is 0 Å². The highest BCUT2D eigenvalue weighted by atomic mass is 16.5. The fraction of sp³-hybridized carbons (Fsp3) is 0.480. The van der Waals surface area contributed by atoms with Crippen molar-refractivity contribution in [2.75, 3.05) is 6.61 Å². The number of hydrogen-bond acceptors (Lipinski definition) is 6. The molecule has 1 saturated heterocycles. The molecule has 1 fully saturated rings. The van der Waals surface area contributed by atoms with Gasteiger partial charge in [0.25, 0.3) is 5.56 Å². The standard InChI is InChI=1S/C25H32N4O5/c1-15-10-18(13-28(3)24(15)31)23-27-20-8-7-17(12-26-22(16(2)30)25(32)33)11-21(20)29(23)14-19-6-4-5-9-34-19/h7-8,10-11,13,16,19,22,26,30H,4-6,9,12,14H2,1-3H3,(H,32,33)/t16?,19?,22-/m0/s1. The SMILES string of the molecule is Cc1cc(-c2nc3ccc(CN[C@H](C(=O)O)C(C)O)cc3n2CC2CCCCO2)cn(C)c1=O. The van der Waals surface area contributed by atoms with Crippen molar-refractivity contribution in [3.05, 3.63) is 51.9 Å². The van der Waals surface area contributed by atoms with E-state index in [9.17, 15) is 19.8 Å². The van der Waals surface area contributed by atoms with E-state index in [2.05, 4.69) is 9.88 Å². The summed E-state index contributed by atoms with van der Waals surface area (Å²) in [5, 5.41) is 22.0. The van der Waals surface area contributed by atoms with Crippen molar-refractivity contribution in [1.82, 2.24) is 19.4 Å². The van der Waals surface area contributed by atoms with Crippen LogP contribution in [0, 0.1) is 6.92 Å². The zero-order chi connectivity index (χ0) is 24.4. The summed E-state index contributed by atoms with van der Waals surface area (Å²) in [4.78, 5) is 28.5. The quantitative estimate of drug-likeness (QED) is 0.464. The van der Waals surface area contributed by atoms with Gasteiger partial charge in [-0.25, -0.2) is 4.98 Å². The first-order valence-corrected chi connectivity index (χ1v) is 11.7. The predicted octanol–water partition coefficient (Wildman–Crippen LogP) is 2.20. The molecule has 1 aromatic carbocycles. The number of rotatable bonds is 8. The summed E-state index contributed by atoms with van der Waals surface area (Å²) in [7, 11) is 1.74. The third-order valence-corrected chi connectivity index (χ3v) is 6.37. The minimum atomic E-state index is -1.09. The van der Waals surface area contributed by atoms with Gasteiger partial charge < -0.3 is 24.1 Å². The van der Waals surface area contributed by atoms with Gasteiger partial charge in [-0.05, 0) is 56.9 Å². The minimum absolute atomic E-state index is 0.0403. The summed E-state index contributed by atoms with van der Waals surface area (Å²) in [6, 6.07) is 6.63. The van der Waals surface area contributed by atoms with Crippen LogP contribution in [0.5, 0.6) is 0 Å². The van der Waals surface area contributed by atoms with Crippen molar-refractivity contribution in [3.63, 3.8) is 0 Å². The number of benzene rings is 1. The Morgan fingerprint density at radius 2 is 2.12 bits per heavy atom. The summed E-state index contributed by atoms with van der Waals surface area (Å²) in [5.74, 6) is -0.330. The molecule has 9 nitrogen and oxygen atoms in total. The first-order valence-electron chi connectivity index (χ1n) is 11.7. The zero-order valence-corrected chi connectivity index (χ0v) is 19.8. The Morgan fingerprint density at radius 1 is 1.32 bits per heavy atom. The number of carboxylic acids is 1. The molecule has 0 saturated carbocycles. The number of hydrogen-bond donors (Lipinski definition) is 3. The van der Waals surface area contributed by atoms with Crippen LogP contribution in [0.1, 0.15) is 37.3 Å². The lowest BCUT2D eigenvalue weighted by molar-refractivity contribution is -0.142. The number of aromatic nitrogens is 3. The molecule has 2 unspecified atom stereocenters. The maximum Gasteiger partial charge on any atom is 0.323 e. The first-order chi connectivity index (χ1) is 16.2. The zero-order valence-electron chi connectivity index (χ0n) is 19.8. The van der Waals surface area contributed by atoms with E-state index in [1.807, 2.05) is 24.3 Å². The van der Waals surface area contributed by atoms with Crippen molar-refractivity contribution in [3.8, 4) is 11.4 Å². The van der Waals surface area contributed by atoms with Gasteiger partial charge in [-0.2, -0.15) is 0 Å². The summed E-state index contributed by atoms with van der Waals surface area (Å²) >= 11 is 0. The van der Waals surface area contributed by atoms with Crippen LogP contribution in [0.15, 0.2) is 35.3 Å². The topological polar surface area (TPSA) is 119 Å². The van der Waals surface area contributed by atoms with Crippen molar-refractivity contribution >= 4 is 17.0 Å². The Hall–Kier alpha value is -3.01. The number of carbonyl (C=O) groups is 1. The van der Waals surface area contributed by atoms with E-state index in [4.69, 9.17) is 9.72 Å². The predicted molar refractivity (Wildman–Crippen MR) is 129 cm³/mol. The van der Waals surface area contributed by atoms with Crippen LogP contribution in [0.4, 0.5) is 0 Å². The molecule has 0 spiro atoms. The largest absolute Gasteiger partial charge is 0.480 e. The number of imidazole rings is 1. The molecule has 3 atom stereocenters. The van der Waals surface area contributed by atoms with Crippen LogP contribution in [0.3, 0.4) is 0 Å². The van der Waals surface area contributed by atoms with E-state index in [1.54, 1.807) is 24.7 Å². The van der Waals surface area contributed by atoms with Gasteiger partial charge in [0.05, 0.1) is 29.8 Å². The molecule has 2 aromatic heterocycles. The third kappa shape index (κ3) is 5.06. The molecular weight excluding hydrogens is 436 g/mol. The van der Waals surface area contributed by atoms with Crippen LogP contribution >= 0.6 is 0 Å². The molecule has 4 rings (SSSR count). The second kappa shape index (κ2) is 10.1. The van der Waals surface area contributed by atoms with E-state index in [0.29, 0.717) is 12.1 Å². The van der Waals surface area contributed by atoms with Gasteiger partial charge in [-0.15, -0.1) is 0 Å². The summed E-state index contributed by atoms with van der Waals surface area (Å²) in [6.07, 6.45) is 4.02. The smallest absolute Gasteiger partial charge is 0.323 e. The van der Waals surface area contributed by atoms with Crippen molar-refractivity contribution in [2.24, 2.45) is 7.05 Å². The average Bonchev–Trinajstić information content (AvgIpc) is 3.15. The lowest BCUT2D eigenvalue weighted by atomic mass is 10.1. The average molecular weight is 469 g/mol. The molecule has 1 aliphatic rings. The Balaban J connectivity index is 1.75. The molecular formula is C25H32N4O5. The maximum absolute atomic E-state index is 12.2. The van der Waals surface area contributed by atoms with Crippen LogP contribution in [-0.2, 0) is 29.7 Å². The van der Waals surface area contributed by atoms with Crippen molar-refractivity contribution in [1.29, 1.82) is 0 Å². The molecule has 0 aliphatic carbocycles. The Morgan fingerprint density at radius 3 is 2.76 bits per heavy atom. The van der Waals surface area contributed by atoms with Gasteiger partial charge in [0.15, 0.2) is 0 Å². The van der Waals surface area contributed by atoms with Crippen LogP contribution in [-0.4, -0.2) is 55.2 Å². The van der Waals surface area contributed by atoms with Crippen LogP contribution in [0.2, 0.25) is 0 Å². The van der Waals surface area contributed by atoms with Crippen LogP contribution in [0.25, 0.3) is 22.4 Å². The molecule has 34 heavy (non-hydrogen) atoms. The molecule has 0 amide bonds. The minimum Gasteiger partial charge on any atom is -0.480 e. The molecule has 182 valence electrons. The molecule has 3 heterocycles. The second-order valence-corrected chi connectivity index (χ2v) is 9.12. The van der Waals surface area contributed by atoms with Crippen molar-refractivity contribution < 1.29 is 19.7 Å². The summed E-state index contributed by atoms with van der Waals surface area (Å²) in [5.41, 5.74) is 4.07.